The van der Waals surface area contributed by atoms with E-state index in [1.165, 1.54) is 0 Å². The number of methoxy groups -OCH3 is 1. The SMILES string of the molecule is COc1cc(CNCc2ccc(C(=O)O)cc2)ccc1OC(C)C. The second-order valence-corrected chi connectivity index (χ2v) is 5.76. The maximum absolute atomic E-state index is 10.8. The Bertz CT molecular complexity index is 680. The molecule has 0 unspecified atom stereocenters. The molecule has 0 fully saturated rings. The Morgan fingerprint density at radius 2 is 1.67 bits per heavy atom. The first-order valence-electron chi connectivity index (χ1n) is 7.86. The number of carboxylic acids is 1. The van der Waals surface area contributed by atoms with Crippen LogP contribution in [-0.4, -0.2) is 24.3 Å². The van der Waals surface area contributed by atoms with E-state index in [-0.39, 0.29) is 6.10 Å². The zero-order chi connectivity index (χ0) is 17.5. The van der Waals surface area contributed by atoms with E-state index in [1.54, 1.807) is 19.2 Å². The molecule has 2 N–H and O–H groups in total. The van der Waals surface area contributed by atoms with E-state index in [0.717, 1.165) is 16.9 Å². The van der Waals surface area contributed by atoms with Gasteiger partial charge in [0.15, 0.2) is 11.5 Å². The number of nitrogens with one attached hydrogen (secondary N) is 1. The molecule has 2 aromatic carbocycles. The van der Waals surface area contributed by atoms with Crippen molar-refractivity contribution in [3.63, 3.8) is 0 Å². The molecule has 5 heteroatoms. The van der Waals surface area contributed by atoms with Gasteiger partial charge in [0.1, 0.15) is 0 Å². The normalized spacial score (nSPS) is 10.7. The highest BCUT2D eigenvalue weighted by atomic mass is 16.5. The van der Waals surface area contributed by atoms with Crippen LogP contribution in [0.1, 0.15) is 35.3 Å². The number of rotatable bonds is 8. The topological polar surface area (TPSA) is 67.8 Å². The van der Waals surface area contributed by atoms with Crippen molar-refractivity contribution in [1.29, 1.82) is 0 Å². The molecular weight excluding hydrogens is 306 g/mol. The lowest BCUT2D eigenvalue weighted by molar-refractivity contribution is 0.0697. The van der Waals surface area contributed by atoms with E-state index < -0.39 is 5.97 Å². The fraction of sp³-hybridized carbons (Fsp3) is 0.316. The lowest BCUT2D eigenvalue weighted by Crippen LogP contribution is -2.13. The first-order chi connectivity index (χ1) is 11.5. The predicted molar refractivity (Wildman–Crippen MR) is 92.7 cm³/mol. The largest absolute Gasteiger partial charge is 0.493 e. The highest BCUT2D eigenvalue weighted by molar-refractivity contribution is 5.87. The third-order valence-corrected chi connectivity index (χ3v) is 3.45. The molecule has 0 saturated heterocycles. The molecule has 0 amide bonds. The van der Waals surface area contributed by atoms with Gasteiger partial charge < -0.3 is 19.9 Å². The average Bonchev–Trinajstić information content (AvgIpc) is 2.56. The molecule has 0 saturated carbocycles. The zero-order valence-corrected chi connectivity index (χ0v) is 14.2. The Kier molecular flexibility index (Phi) is 6.21. The highest BCUT2D eigenvalue weighted by Gasteiger charge is 2.07. The Labute approximate surface area is 142 Å². The van der Waals surface area contributed by atoms with Crippen LogP contribution in [0.4, 0.5) is 0 Å². The summed E-state index contributed by atoms with van der Waals surface area (Å²) in [5, 5.41) is 12.2. The van der Waals surface area contributed by atoms with Gasteiger partial charge in [-0.15, -0.1) is 0 Å². The molecular formula is C19H23NO4. The molecule has 0 aliphatic carbocycles. The van der Waals surface area contributed by atoms with Crippen molar-refractivity contribution in [1.82, 2.24) is 5.32 Å². The molecule has 24 heavy (non-hydrogen) atoms. The maximum Gasteiger partial charge on any atom is 0.335 e. The first kappa shape index (κ1) is 17.8. The summed E-state index contributed by atoms with van der Waals surface area (Å²) in [6.45, 7) is 5.29. The molecule has 0 heterocycles. The summed E-state index contributed by atoms with van der Waals surface area (Å²) in [4.78, 5) is 10.8. The van der Waals surface area contributed by atoms with Gasteiger partial charge in [-0.2, -0.15) is 0 Å². The van der Waals surface area contributed by atoms with Crippen LogP contribution >= 0.6 is 0 Å². The van der Waals surface area contributed by atoms with Crippen molar-refractivity contribution in [2.75, 3.05) is 7.11 Å². The number of carboxylic acid groups (broad SMARTS) is 1. The molecule has 0 aromatic heterocycles. The third-order valence-electron chi connectivity index (χ3n) is 3.45. The number of carbonyl (C=O) groups is 1. The highest BCUT2D eigenvalue weighted by Crippen LogP contribution is 2.28. The Balaban J connectivity index is 1.93. The predicted octanol–water partition coefficient (Wildman–Crippen LogP) is 3.47. The van der Waals surface area contributed by atoms with Gasteiger partial charge in [-0.05, 0) is 49.2 Å². The summed E-state index contributed by atoms with van der Waals surface area (Å²) in [6.07, 6.45) is 0.0941. The van der Waals surface area contributed by atoms with Crippen molar-refractivity contribution >= 4 is 5.97 Å². The fourth-order valence-corrected chi connectivity index (χ4v) is 2.29. The van der Waals surface area contributed by atoms with Crippen molar-refractivity contribution in [2.24, 2.45) is 0 Å². The number of hydrogen-bond donors (Lipinski definition) is 2. The zero-order valence-electron chi connectivity index (χ0n) is 14.2. The first-order valence-corrected chi connectivity index (χ1v) is 7.86. The van der Waals surface area contributed by atoms with E-state index in [9.17, 15) is 4.79 Å². The fourth-order valence-electron chi connectivity index (χ4n) is 2.29. The molecule has 0 radical (unpaired) electrons. The summed E-state index contributed by atoms with van der Waals surface area (Å²) in [7, 11) is 1.63. The van der Waals surface area contributed by atoms with E-state index in [1.807, 2.05) is 44.2 Å². The summed E-state index contributed by atoms with van der Waals surface area (Å²) < 4.78 is 11.1. The van der Waals surface area contributed by atoms with Crippen molar-refractivity contribution < 1.29 is 19.4 Å². The van der Waals surface area contributed by atoms with Crippen LogP contribution in [0.3, 0.4) is 0 Å². The summed E-state index contributed by atoms with van der Waals surface area (Å²) in [6, 6.07) is 12.7. The van der Waals surface area contributed by atoms with Crippen molar-refractivity contribution in [3.05, 3.63) is 59.2 Å². The Morgan fingerprint density at radius 1 is 1.04 bits per heavy atom. The van der Waals surface area contributed by atoms with Crippen LogP contribution in [0.5, 0.6) is 11.5 Å². The van der Waals surface area contributed by atoms with Crippen molar-refractivity contribution in [3.8, 4) is 11.5 Å². The van der Waals surface area contributed by atoms with Crippen molar-refractivity contribution in [2.45, 2.75) is 33.0 Å². The van der Waals surface area contributed by atoms with Gasteiger partial charge in [0.05, 0.1) is 18.8 Å². The molecule has 5 nitrogen and oxygen atoms in total. The van der Waals surface area contributed by atoms with Crippen LogP contribution in [0.25, 0.3) is 0 Å². The number of hydrogen-bond acceptors (Lipinski definition) is 4. The van der Waals surface area contributed by atoms with Gasteiger partial charge in [-0.3, -0.25) is 0 Å². The third kappa shape index (κ3) is 4.99. The van der Waals surface area contributed by atoms with Gasteiger partial charge in [-0.25, -0.2) is 4.79 Å². The monoisotopic (exact) mass is 329 g/mol. The van der Waals surface area contributed by atoms with Gasteiger partial charge in [0, 0.05) is 13.1 Å². The van der Waals surface area contributed by atoms with Crippen LogP contribution < -0.4 is 14.8 Å². The minimum Gasteiger partial charge on any atom is -0.493 e. The second-order valence-electron chi connectivity index (χ2n) is 5.76. The molecule has 128 valence electrons. The summed E-state index contributed by atoms with van der Waals surface area (Å²) >= 11 is 0. The molecule has 0 bridgehead atoms. The van der Waals surface area contributed by atoms with Crippen LogP contribution in [-0.2, 0) is 13.1 Å². The van der Waals surface area contributed by atoms with Gasteiger partial charge in [-0.1, -0.05) is 18.2 Å². The molecule has 0 atom stereocenters. The van der Waals surface area contributed by atoms with E-state index in [4.69, 9.17) is 14.6 Å². The lowest BCUT2D eigenvalue weighted by atomic mass is 10.1. The molecule has 0 aliphatic rings. The second kappa shape index (κ2) is 8.36. The van der Waals surface area contributed by atoms with E-state index >= 15 is 0 Å². The van der Waals surface area contributed by atoms with Crippen LogP contribution in [0.2, 0.25) is 0 Å². The molecule has 2 rings (SSSR count). The minimum absolute atomic E-state index is 0.0941. The van der Waals surface area contributed by atoms with Crippen LogP contribution in [0.15, 0.2) is 42.5 Å². The average molecular weight is 329 g/mol. The van der Waals surface area contributed by atoms with Crippen LogP contribution in [0, 0.1) is 0 Å². The van der Waals surface area contributed by atoms with E-state index in [2.05, 4.69) is 5.32 Å². The molecule has 0 aliphatic heterocycles. The quantitative estimate of drug-likeness (QED) is 0.776. The Morgan fingerprint density at radius 3 is 2.25 bits per heavy atom. The van der Waals surface area contributed by atoms with E-state index in [0.29, 0.717) is 24.4 Å². The summed E-state index contributed by atoms with van der Waals surface area (Å²) in [5.74, 6) is 0.541. The van der Waals surface area contributed by atoms with Gasteiger partial charge in [0.2, 0.25) is 0 Å². The minimum atomic E-state index is -0.912. The standard InChI is InChI=1S/C19H23NO4/c1-13(2)24-17-9-6-15(10-18(17)23-3)12-20-11-14-4-7-16(8-5-14)19(21)22/h4-10,13,20H,11-12H2,1-3H3,(H,21,22). The molecule has 2 aromatic rings. The number of aromatic carboxylic acids is 1. The maximum atomic E-state index is 10.8. The number of ether oxygens (including phenoxy) is 2. The van der Waals surface area contributed by atoms with Gasteiger partial charge >= 0.3 is 5.97 Å². The Hall–Kier alpha value is -2.53. The lowest BCUT2D eigenvalue weighted by Gasteiger charge is -2.14. The number of benzene rings is 2. The smallest absolute Gasteiger partial charge is 0.335 e. The molecule has 0 spiro atoms. The summed E-state index contributed by atoms with van der Waals surface area (Å²) in [5.41, 5.74) is 2.42. The van der Waals surface area contributed by atoms with Gasteiger partial charge in [0.25, 0.3) is 0 Å².